The monoisotopic (exact) mass is 1580 g/mol. The number of phenols is 1. The van der Waals surface area contributed by atoms with Crippen molar-refractivity contribution in [3.8, 4) is 17.1 Å². The zero-order chi connectivity index (χ0) is 81.9. The molecule has 1 aliphatic carbocycles. The lowest BCUT2D eigenvalue weighted by Gasteiger charge is -2.35. The highest BCUT2D eigenvalue weighted by molar-refractivity contribution is 6.03. The van der Waals surface area contributed by atoms with Crippen molar-refractivity contribution < 1.29 is 100 Å². The van der Waals surface area contributed by atoms with Gasteiger partial charge in [-0.2, -0.15) is 0 Å². The molecule has 113 heavy (non-hydrogen) atoms. The van der Waals surface area contributed by atoms with Gasteiger partial charge in [0.1, 0.15) is 30.5 Å². The molecule has 3 atom stereocenters. The van der Waals surface area contributed by atoms with Gasteiger partial charge in [0, 0.05) is 106 Å². The molecule has 0 radical (unpaired) electrons. The van der Waals surface area contributed by atoms with Crippen LogP contribution in [0.2, 0.25) is 0 Å². The second kappa shape index (κ2) is 51.6. The number of likely N-dealkylation sites (tertiary alicyclic amines) is 1. The molecule has 3 amide bonds. The van der Waals surface area contributed by atoms with Gasteiger partial charge in [-0.25, -0.2) is 14.5 Å². The van der Waals surface area contributed by atoms with E-state index in [0.717, 1.165) is 78.4 Å². The number of nitrogens with two attached hydrogens (primary N) is 1. The van der Waals surface area contributed by atoms with Crippen molar-refractivity contribution in [3.05, 3.63) is 98.6 Å². The number of imide groups is 1. The number of nitrogens with zero attached hydrogens (tertiary/aromatic N) is 6. The Bertz CT molecular complexity index is 3840. The summed E-state index contributed by atoms with van der Waals surface area (Å²) in [5.41, 5.74) is 10.7. The van der Waals surface area contributed by atoms with Crippen LogP contribution in [-0.2, 0) is 134 Å². The molecular weight excluding hydrogens is 1460 g/mol. The number of aromatic hydroxyl groups is 1. The highest BCUT2D eigenvalue weighted by Gasteiger charge is 2.50. The quantitative estimate of drug-likeness (QED) is 0.0182. The third kappa shape index (κ3) is 31.2. The maximum absolute atomic E-state index is 13.5. The molecule has 5 aromatic rings. The van der Waals surface area contributed by atoms with E-state index in [0.29, 0.717) is 223 Å². The van der Waals surface area contributed by atoms with Crippen LogP contribution in [0.1, 0.15) is 172 Å². The lowest BCUT2D eigenvalue weighted by Crippen LogP contribution is -2.47. The number of esters is 2. The number of nitrogens with one attached hydrogen (secondary N) is 1. The van der Waals surface area contributed by atoms with Crippen LogP contribution in [0.4, 0.5) is 5.69 Å². The summed E-state index contributed by atoms with van der Waals surface area (Å²) in [5.74, 6) is -0.591. The van der Waals surface area contributed by atoms with Gasteiger partial charge in [0.25, 0.3) is 5.56 Å². The third-order valence-corrected chi connectivity index (χ3v) is 19.5. The number of amides is 3. The van der Waals surface area contributed by atoms with Crippen LogP contribution in [0.25, 0.3) is 22.3 Å². The highest BCUT2D eigenvalue weighted by Crippen LogP contribution is 2.43. The maximum atomic E-state index is 13.5. The number of cyclic esters (lactones) is 1. The van der Waals surface area contributed by atoms with Crippen LogP contribution >= 0.6 is 0 Å². The molecule has 0 spiro atoms. The molecule has 3 aliphatic heterocycles. The number of carbonyl (C=O) groups excluding carboxylic acids is 8. The molecule has 1 saturated heterocycles. The van der Waals surface area contributed by atoms with Crippen LogP contribution in [0.5, 0.6) is 5.75 Å². The fourth-order valence-corrected chi connectivity index (χ4v) is 13.6. The number of unbranched alkanes of at least 4 members (excludes halogenated alkanes) is 1. The number of aryl methyl sites for hydroxylation is 2. The lowest BCUT2D eigenvalue weighted by molar-refractivity contribution is -0.188. The number of pyridine rings is 2. The molecule has 9 rings (SSSR count). The molecule has 30 nitrogen and oxygen atoms in total. The van der Waals surface area contributed by atoms with Gasteiger partial charge in [-0.3, -0.25) is 38.5 Å². The van der Waals surface area contributed by atoms with Crippen molar-refractivity contribution in [2.75, 3.05) is 144 Å². The van der Waals surface area contributed by atoms with Crippen LogP contribution in [0.3, 0.4) is 0 Å². The van der Waals surface area contributed by atoms with Gasteiger partial charge in [0.15, 0.2) is 5.78 Å². The number of methoxy groups -OCH3 is 1. The van der Waals surface area contributed by atoms with E-state index >= 15 is 0 Å². The number of benzene rings is 2. The number of hydrogen-bond donors (Lipinski definition) is 3. The summed E-state index contributed by atoms with van der Waals surface area (Å²) in [6, 6.07) is 14.3. The molecule has 2 aromatic carbocycles. The number of carbonyl (C=O) groups is 8. The number of fused-ring (bicyclic) bond motifs is 5. The standard InChI is InChI=1S/C26H49N3O10.C24H22N2O6.C17H26N2O3.C16H25NO3/c1-3-31-24-26(30)5-4-7-32-9-11-34-13-15-36-17-19-38-21-22-39-20-18-37-16-14-35-12-10-33-8-6-29-23-25(2)27-28-29;1-4-14-15-8-13(28)6-7-19(15)25-21-16(14)10-26-20(21)9-18-17(22(26)29)11-31-23(30)24(18,5-2)32-12(3)27;1-13(20)11-15(5-3-4-10-18)17(21)19-16-8-6-14(7-9-16)12-22-2;1-3-4-14(18)13-7-5-12(6-8-13)10-17-15(19)9-11(2)16(17)20/h23H,3-22,24H2,1-2H3;6-9,28H,4-5,10-11H2,1-3H3;6-9,15H,3-5,10-12,18H2,1-2H3,(H,19,21);11-13H,3-10H2,1-2H3. The minimum absolute atomic E-state index is 0.0146. The first-order valence-electron chi connectivity index (χ1n) is 39.9. The number of aromatic nitrogens is 5. The second-order valence-corrected chi connectivity index (χ2v) is 28.3. The lowest BCUT2D eigenvalue weighted by atomic mass is 9.79. The Labute approximate surface area is 663 Å². The average molecular weight is 1580 g/mol. The Morgan fingerprint density at radius 1 is 0.735 bits per heavy atom. The minimum atomic E-state index is -1.66. The van der Waals surface area contributed by atoms with E-state index in [-0.39, 0.29) is 84.4 Å². The first kappa shape index (κ1) is 93.7. The van der Waals surface area contributed by atoms with Crippen molar-refractivity contribution in [3.63, 3.8) is 0 Å². The van der Waals surface area contributed by atoms with Crippen molar-refractivity contribution in [1.82, 2.24) is 29.4 Å². The molecule has 3 aromatic heterocycles. The van der Waals surface area contributed by atoms with Gasteiger partial charge >= 0.3 is 11.9 Å². The predicted molar refractivity (Wildman–Crippen MR) is 421 cm³/mol. The molecule has 3 unspecified atom stereocenters. The Morgan fingerprint density at radius 2 is 1.35 bits per heavy atom. The molecular formula is C83H122N8O22. The van der Waals surface area contributed by atoms with Gasteiger partial charge in [0.2, 0.25) is 23.3 Å². The minimum Gasteiger partial charge on any atom is -0.508 e. The Kier molecular flexibility index (Phi) is 42.8. The average Bonchev–Trinajstić information content (AvgIpc) is 1.63. The van der Waals surface area contributed by atoms with Crippen molar-refractivity contribution in [2.45, 2.75) is 184 Å². The molecule has 4 aliphatic rings. The Morgan fingerprint density at radius 3 is 1.87 bits per heavy atom. The molecule has 6 heterocycles. The zero-order valence-electron chi connectivity index (χ0n) is 67.9. The smallest absolute Gasteiger partial charge is 0.355 e. The van der Waals surface area contributed by atoms with Gasteiger partial charge < -0.3 is 82.4 Å². The van der Waals surface area contributed by atoms with Crippen LogP contribution in [0, 0.1) is 30.6 Å². The van der Waals surface area contributed by atoms with Gasteiger partial charge in [-0.05, 0) is 145 Å². The van der Waals surface area contributed by atoms with Gasteiger partial charge in [-0.15, -0.1) is 5.10 Å². The molecule has 626 valence electrons. The molecule has 1 saturated carbocycles. The Balaban J connectivity index is 0.000000243. The first-order valence-corrected chi connectivity index (χ1v) is 39.9. The fraction of sp³-hybridized carbons (Fsp3) is 0.639. The summed E-state index contributed by atoms with van der Waals surface area (Å²) in [6.45, 7) is 25.7. The summed E-state index contributed by atoms with van der Waals surface area (Å²) in [4.78, 5) is 115. The SMILES string of the molecule is CCCC(=O)C1CCC(CN2C(=O)CC(C)C2=O)CC1.CCOCC(=O)CCCOCCOCCOCCOCCOCCOCCOCCOCCn1cc(C)nn1.CCc1c2c(nc3ccc(O)cc13)-c1cc3c(c(=O)n1C2)COC(=O)C3(CC)OC(C)=O.COCc1ccc(NC(=O)C(CCCCN)CC(C)=O)cc1. The van der Waals surface area contributed by atoms with Gasteiger partial charge in [-0.1, -0.05) is 51.5 Å². The van der Waals surface area contributed by atoms with E-state index in [1.54, 1.807) is 47.5 Å². The van der Waals surface area contributed by atoms with E-state index in [9.17, 15) is 48.3 Å². The maximum Gasteiger partial charge on any atom is 0.355 e. The molecule has 4 N–H and O–H groups in total. The highest BCUT2D eigenvalue weighted by atomic mass is 16.6. The van der Waals surface area contributed by atoms with Crippen LogP contribution in [-0.4, -0.2) is 221 Å². The molecule has 0 bridgehead atoms. The summed E-state index contributed by atoms with van der Waals surface area (Å²) in [5, 5.41) is 21.6. The number of ketones is 3. The summed E-state index contributed by atoms with van der Waals surface area (Å²) in [7, 11) is 1.64. The van der Waals surface area contributed by atoms with E-state index < -0.39 is 17.5 Å². The van der Waals surface area contributed by atoms with Crippen molar-refractivity contribution >= 4 is 63.6 Å². The largest absolute Gasteiger partial charge is 0.508 e. The number of anilines is 1. The van der Waals surface area contributed by atoms with Crippen LogP contribution < -0.4 is 16.6 Å². The summed E-state index contributed by atoms with van der Waals surface area (Å²) >= 11 is 0. The Hall–Kier alpha value is -8.14. The number of hydrogen-bond acceptors (Lipinski definition) is 26. The van der Waals surface area contributed by atoms with E-state index in [1.165, 1.54) is 18.7 Å². The number of Topliss-reactive ketones (excluding diaryl/α,β-unsaturated/α-hetero) is 3. The van der Waals surface area contributed by atoms with E-state index in [4.69, 9.17) is 67.6 Å². The van der Waals surface area contributed by atoms with E-state index in [1.807, 2.05) is 65.1 Å². The second-order valence-electron chi connectivity index (χ2n) is 28.3. The van der Waals surface area contributed by atoms with E-state index in [2.05, 4.69) is 15.6 Å². The molecule has 2 fully saturated rings. The summed E-state index contributed by atoms with van der Waals surface area (Å²) < 4.78 is 67.9. The number of rotatable bonds is 49. The number of phenolic OH excluding ortho intramolecular Hbond substituents is 1. The zero-order valence-corrected chi connectivity index (χ0v) is 67.9. The van der Waals surface area contributed by atoms with Gasteiger partial charge in [0.05, 0.1) is 147 Å². The first-order chi connectivity index (χ1) is 54.6. The molecule has 30 heteroatoms. The third-order valence-electron chi connectivity index (χ3n) is 19.5. The number of ether oxygens (including phenoxy) is 12. The predicted octanol–water partition coefficient (Wildman–Crippen LogP) is 9.08. The normalized spacial score (nSPS) is 17.0. The fourth-order valence-electron chi connectivity index (χ4n) is 13.6. The van der Waals surface area contributed by atoms with Crippen molar-refractivity contribution in [1.29, 1.82) is 0 Å². The topological polar surface area (TPSA) is 374 Å². The van der Waals surface area contributed by atoms with Crippen LogP contribution in [0.15, 0.2) is 59.5 Å². The summed E-state index contributed by atoms with van der Waals surface area (Å²) in [6.07, 6.45) is 12.3. The van der Waals surface area contributed by atoms with Crippen molar-refractivity contribution in [2.24, 2.45) is 29.4 Å².